The molecule has 1 aliphatic carbocycles. The van der Waals surface area contributed by atoms with Crippen molar-refractivity contribution >= 4 is 10.0 Å². The van der Waals surface area contributed by atoms with E-state index >= 15 is 0 Å². The number of unbranched alkanes of at least 4 members (excludes halogenated alkanes) is 1. The van der Waals surface area contributed by atoms with E-state index in [1.807, 2.05) is 0 Å². The lowest BCUT2D eigenvalue weighted by Gasteiger charge is -2.05. The number of aliphatic hydroxyl groups is 1. The molecular weight excluding hydrogens is 214 g/mol. The maximum Gasteiger partial charge on any atom is 0.211 e. The highest BCUT2D eigenvalue weighted by Crippen LogP contribution is 2.35. The Balaban J connectivity index is 2.20. The van der Waals surface area contributed by atoms with Crippen LogP contribution in [0.1, 0.15) is 39.0 Å². The molecule has 1 saturated carbocycles. The second-order valence-corrected chi connectivity index (χ2v) is 6.13. The Kier molecular flexibility index (Phi) is 5.02. The smallest absolute Gasteiger partial charge is 0.211 e. The van der Waals surface area contributed by atoms with Crippen molar-refractivity contribution in [1.29, 1.82) is 0 Å². The zero-order valence-corrected chi connectivity index (χ0v) is 10.1. The van der Waals surface area contributed by atoms with Gasteiger partial charge in [0.15, 0.2) is 0 Å². The van der Waals surface area contributed by atoms with Gasteiger partial charge in [0.05, 0.1) is 5.75 Å². The summed E-state index contributed by atoms with van der Waals surface area (Å²) in [6.45, 7) is 2.18. The second kappa shape index (κ2) is 5.82. The third-order valence-electron chi connectivity index (χ3n) is 2.73. The molecule has 0 spiro atoms. The van der Waals surface area contributed by atoms with Gasteiger partial charge < -0.3 is 5.11 Å². The van der Waals surface area contributed by atoms with Crippen LogP contribution in [0.4, 0.5) is 0 Å². The molecule has 0 saturated heterocycles. The number of hydrogen-bond acceptors (Lipinski definition) is 3. The third kappa shape index (κ3) is 4.95. The molecule has 90 valence electrons. The van der Waals surface area contributed by atoms with Gasteiger partial charge in [-0.3, -0.25) is 0 Å². The highest BCUT2D eigenvalue weighted by Gasteiger charge is 2.38. The lowest BCUT2D eigenvalue weighted by atomic mass is 10.2. The topological polar surface area (TPSA) is 66.4 Å². The highest BCUT2D eigenvalue weighted by molar-refractivity contribution is 7.89. The SMILES string of the molecule is CCCC1CC1NS(=O)(=O)CCCCO. The van der Waals surface area contributed by atoms with Crippen molar-refractivity contribution in [3.63, 3.8) is 0 Å². The molecule has 5 heteroatoms. The summed E-state index contributed by atoms with van der Waals surface area (Å²) < 4.78 is 25.7. The van der Waals surface area contributed by atoms with Gasteiger partial charge in [-0.2, -0.15) is 0 Å². The highest BCUT2D eigenvalue weighted by atomic mass is 32.2. The van der Waals surface area contributed by atoms with Crippen LogP contribution in [-0.4, -0.2) is 31.9 Å². The van der Waals surface area contributed by atoms with E-state index in [0.29, 0.717) is 18.8 Å². The minimum absolute atomic E-state index is 0.0669. The summed E-state index contributed by atoms with van der Waals surface area (Å²) in [5.41, 5.74) is 0. The molecule has 2 unspecified atom stereocenters. The first-order valence-electron chi connectivity index (χ1n) is 5.70. The Morgan fingerprint density at radius 1 is 1.40 bits per heavy atom. The van der Waals surface area contributed by atoms with Gasteiger partial charge in [0.2, 0.25) is 10.0 Å². The fourth-order valence-electron chi connectivity index (χ4n) is 1.78. The zero-order valence-electron chi connectivity index (χ0n) is 9.28. The molecule has 2 atom stereocenters. The molecule has 1 rings (SSSR count). The molecule has 1 fully saturated rings. The van der Waals surface area contributed by atoms with Crippen LogP contribution in [0.25, 0.3) is 0 Å². The van der Waals surface area contributed by atoms with E-state index < -0.39 is 10.0 Å². The van der Waals surface area contributed by atoms with Gasteiger partial charge in [-0.05, 0) is 31.6 Å². The molecule has 0 radical (unpaired) electrons. The molecule has 0 aliphatic heterocycles. The van der Waals surface area contributed by atoms with Crippen molar-refractivity contribution < 1.29 is 13.5 Å². The number of rotatable bonds is 8. The predicted octanol–water partition coefficient (Wildman–Crippen LogP) is 0.867. The fourth-order valence-corrected chi connectivity index (χ4v) is 3.23. The van der Waals surface area contributed by atoms with E-state index in [1.165, 1.54) is 0 Å². The van der Waals surface area contributed by atoms with Crippen LogP contribution in [0.15, 0.2) is 0 Å². The average molecular weight is 235 g/mol. The Labute approximate surface area is 92.1 Å². The molecular formula is C10H21NO3S. The molecule has 0 heterocycles. The van der Waals surface area contributed by atoms with Gasteiger partial charge in [0, 0.05) is 12.6 Å². The normalized spacial score (nSPS) is 25.5. The standard InChI is InChI=1S/C10H21NO3S/c1-2-5-9-8-10(9)11-15(13,14)7-4-3-6-12/h9-12H,2-8H2,1H3. The number of hydrogen-bond donors (Lipinski definition) is 2. The van der Waals surface area contributed by atoms with Crippen LogP contribution in [-0.2, 0) is 10.0 Å². The van der Waals surface area contributed by atoms with Gasteiger partial charge in [-0.1, -0.05) is 13.3 Å². The van der Waals surface area contributed by atoms with E-state index in [9.17, 15) is 8.42 Å². The van der Waals surface area contributed by atoms with Crippen molar-refractivity contribution in [3.8, 4) is 0 Å². The quantitative estimate of drug-likeness (QED) is 0.613. The molecule has 2 N–H and O–H groups in total. The summed E-state index contributed by atoms with van der Waals surface area (Å²) in [6.07, 6.45) is 4.32. The maximum absolute atomic E-state index is 11.5. The molecule has 0 aromatic heterocycles. The van der Waals surface area contributed by atoms with Crippen molar-refractivity contribution in [1.82, 2.24) is 4.72 Å². The largest absolute Gasteiger partial charge is 0.396 e. The first-order valence-corrected chi connectivity index (χ1v) is 7.35. The van der Waals surface area contributed by atoms with Gasteiger partial charge in [-0.25, -0.2) is 13.1 Å². The Morgan fingerprint density at radius 3 is 2.73 bits per heavy atom. The Bertz CT molecular complexity index is 276. The molecule has 0 aromatic rings. The van der Waals surface area contributed by atoms with E-state index in [0.717, 1.165) is 19.3 Å². The van der Waals surface area contributed by atoms with Crippen LogP contribution >= 0.6 is 0 Å². The summed E-state index contributed by atoms with van der Waals surface area (Å²) in [5.74, 6) is 0.700. The van der Waals surface area contributed by atoms with Crippen LogP contribution < -0.4 is 4.72 Å². The molecule has 4 nitrogen and oxygen atoms in total. The molecule has 1 aliphatic rings. The first kappa shape index (κ1) is 12.9. The number of nitrogens with one attached hydrogen (secondary N) is 1. The maximum atomic E-state index is 11.5. The van der Waals surface area contributed by atoms with Crippen molar-refractivity contribution in [2.45, 2.75) is 45.1 Å². The third-order valence-corrected chi connectivity index (χ3v) is 4.22. The Morgan fingerprint density at radius 2 is 2.13 bits per heavy atom. The fraction of sp³-hybridized carbons (Fsp3) is 1.00. The summed E-state index contributed by atoms with van der Waals surface area (Å²) in [6, 6.07) is 0.184. The summed E-state index contributed by atoms with van der Waals surface area (Å²) in [7, 11) is -3.10. The van der Waals surface area contributed by atoms with E-state index in [-0.39, 0.29) is 18.4 Å². The summed E-state index contributed by atoms with van der Waals surface area (Å²) in [4.78, 5) is 0. The minimum Gasteiger partial charge on any atom is -0.396 e. The van der Waals surface area contributed by atoms with Crippen LogP contribution in [0.3, 0.4) is 0 Å². The van der Waals surface area contributed by atoms with Crippen molar-refractivity contribution in [2.24, 2.45) is 5.92 Å². The van der Waals surface area contributed by atoms with Crippen LogP contribution in [0.5, 0.6) is 0 Å². The van der Waals surface area contributed by atoms with Gasteiger partial charge in [0.1, 0.15) is 0 Å². The van der Waals surface area contributed by atoms with Gasteiger partial charge in [-0.15, -0.1) is 0 Å². The molecule has 0 bridgehead atoms. The zero-order chi connectivity index (χ0) is 11.3. The first-order chi connectivity index (χ1) is 7.09. The lowest BCUT2D eigenvalue weighted by molar-refractivity contribution is 0.287. The monoisotopic (exact) mass is 235 g/mol. The van der Waals surface area contributed by atoms with Crippen molar-refractivity contribution in [2.75, 3.05) is 12.4 Å². The summed E-state index contributed by atoms with van der Waals surface area (Å²) in [5, 5.41) is 8.55. The van der Waals surface area contributed by atoms with Gasteiger partial charge in [0.25, 0.3) is 0 Å². The Hall–Kier alpha value is -0.130. The molecule has 15 heavy (non-hydrogen) atoms. The van der Waals surface area contributed by atoms with Crippen LogP contribution in [0, 0.1) is 5.92 Å². The second-order valence-electron chi connectivity index (χ2n) is 4.26. The lowest BCUT2D eigenvalue weighted by Crippen LogP contribution is -2.29. The predicted molar refractivity (Wildman–Crippen MR) is 60.0 cm³/mol. The van der Waals surface area contributed by atoms with E-state index in [4.69, 9.17) is 5.11 Å². The summed E-state index contributed by atoms with van der Waals surface area (Å²) >= 11 is 0. The van der Waals surface area contributed by atoms with Gasteiger partial charge >= 0.3 is 0 Å². The van der Waals surface area contributed by atoms with E-state index in [1.54, 1.807) is 0 Å². The molecule has 0 aromatic carbocycles. The van der Waals surface area contributed by atoms with E-state index in [2.05, 4.69) is 11.6 Å². The molecule has 0 amide bonds. The van der Waals surface area contributed by atoms with Crippen LogP contribution in [0.2, 0.25) is 0 Å². The minimum atomic E-state index is -3.10. The number of aliphatic hydroxyl groups excluding tert-OH is 1. The number of sulfonamides is 1. The van der Waals surface area contributed by atoms with Crippen molar-refractivity contribution in [3.05, 3.63) is 0 Å². The average Bonchev–Trinajstić information content (AvgIpc) is 2.83.